The topological polar surface area (TPSA) is 86.3 Å². The number of amides is 1. The summed E-state index contributed by atoms with van der Waals surface area (Å²) < 4.78 is 6.91. The van der Waals surface area contributed by atoms with Crippen LogP contribution in [-0.2, 0) is 9.53 Å². The number of pyridine rings is 1. The lowest BCUT2D eigenvalue weighted by Crippen LogP contribution is -2.43. The van der Waals surface area contributed by atoms with Crippen LogP contribution < -0.4 is 5.73 Å². The van der Waals surface area contributed by atoms with Crippen LogP contribution in [0.1, 0.15) is 13.0 Å². The Labute approximate surface area is 126 Å². The van der Waals surface area contributed by atoms with Gasteiger partial charge in [-0.3, -0.25) is 9.36 Å². The van der Waals surface area contributed by atoms with Gasteiger partial charge in [0.2, 0.25) is 11.9 Å². The Balaban J connectivity index is 1.95. The van der Waals surface area contributed by atoms with E-state index in [0.29, 0.717) is 42.5 Å². The lowest BCUT2D eigenvalue weighted by atomic mass is 10.2. The number of hydrogen-bond acceptors (Lipinski definition) is 5. The summed E-state index contributed by atoms with van der Waals surface area (Å²) in [7, 11) is 0. The van der Waals surface area contributed by atoms with Crippen molar-refractivity contribution in [2.45, 2.75) is 13.0 Å². The van der Waals surface area contributed by atoms with Crippen LogP contribution >= 0.6 is 11.6 Å². The van der Waals surface area contributed by atoms with E-state index in [9.17, 15) is 4.79 Å². The van der Waals surface area contributed by atoms with Crippen molar-refractivity contribution >= 4 is 34.6 Å². The third kappa shape index (κ3) is 2.54. The number of fused-ring (bicyclic) bond motifs is 1. The van der Waals surface area contributed by atoms with Gasteiger partial charge in [-0.15, -0.1) is 0 Å². The SMILES string of the molecule is CC(C(=O)N1CCOCC1)n1c(N)nc2cc(Cl)cnc21. The van der Waals surface area contributed by atoms with Crippen molar-refractivity contribution in [1.82, 2.24) is 19.4 Å². The van der Waals surface area contributed by atoms with Crippen molar-refractivity contribution < 1.29 is 9.53 Å². The van der Waals surface area contributed by atoms with Crippen LogP contribution in [-0.4, -0.2) is 51.6 Å². The number of nitrogens with two attached hydrogens (primary N) is 1. The average Bonchev–Trinajstić information content (AvgIpc) is 2.81. The van der Waals surface area contributed by atoms with Crippen LogP contribution in [0.3, 0.4) is 0 Å². The van der Waals surface area contributed by atoms with E-state index >= 15 is 0 Å². The van der Waals surface area contributed by atoms with Gasteiger partial charge in [-0.2, -0.15) is 0 Å². The van der Waals surface area contributed by atoms with Crippen LogP contribution in [0.4, 0.5) is 5.95 Å². The maximum absolute atomic E-state index is 12.6. The van der Waals surface area contributed by atoms with Crippen molar-refractivity contribution in [2.24, 2.45) is 0 Å². The smallest absolute Gasteiger partial charge is 0.245 e. The number of hydrogen-bond donors (Lipinski definition) is 1. The van der Waals surface area contributed by atoms with Gasteiger partial charge in [0.15, 0.2) is 5.65 Å². The number of rotatable bonds is 2. The molecule has 0 aromatic carbocycles. The molecule has 3 rings (SSSR count). The molecular formula is C13H16ClN5O2. The maximum Gasteiger partial charge on any atom is 0.245 e. The quantitative estimate of drug-likeness (QED) is 0.897. The summed E-state index contributed by atoms with van der Waals surface area (Å²) in [5, 5.41) is 0.485. The number of anilines is 1. The molecular weight excluding hydrogens is 294 g/mol. The fraction of sp³-hybridized carbons (Fsp3) is 0.462. The van der Waals surface area contributed by atoms with Gasteiger partial charge in [-0.25, -0.2) is 9.97 Å². The number of morpholine rings is 1. The molecule has 1 amide bonds. The van der Waals surface area contributed by atoms with E-state index in [4.69, 9.17) is 22.1 Å². The third-order valence-electron chi connectivity index (χ3n) is 3.59. The Hall–Kier alpha value is -1.86. The summed E-state index contributed by atoms with van der Waals surface area (Å²) in [5.74, 6) is 0.245. The highest BCUT2D eigenvalue weighted by atomic mass is 35.5. The molecule has 1 saturated heterocycles. The van der Waals surface area contributed by atoms with Gasteiger partial charge >= 0.3 is 0 Å². The Kier molecular flexibility index (Phi) is 3.69. The number of carbonyl (C=O) groups excluding carboxylic acids is 1. The van der Waals surface area contributed by atoms with E-state index in [0.717, 1.165) is 0 Å². The average molecular weight is 310 g/mol. The minimum Gasteiger partial charge on any atom is -0.378 e. The Morgan fingerprint density at radius 3 is 2.90 bits per heavy atom. The highest BCUT2D eigenvalue weighted by Gasteiger charge is 2.26. The fourth-order valence-corrected chi connectivity index (χ4v) is 2.67. The van der Waals surface area contributed by atoms with E-state index in [1.54, 1.807) is 22.5 Å². The normalized spacial score (nSPS) is 17.1. The van der Waals surface area contributed by atoms with Gasteiger partial charge in [0, 0.05) is 19.3 Å². The molecule has 8 heteroatoms. The van der Waals surface area contributed by atoms with E-state index in [2.05, 4.69) is 9.97 Å². The number of ether oxygens (including phenoxy) is 1. The number of halogens is 1. The minimum atomic E-state index is -0.471. The van der Waals surface area contributed by atoms with Gasteiger partial charge in [0.1, 0.15) is 11.6 Å². The Bertz CT molecular complexity index is 680. The van der Waals surface area contributed by atoms with Gasteiger partial charge in [-0.05, 0) is 13.0 Å². The predicted molar refractivity (Wildman–Crippen MR) is 79.1 cm³/mol. The Morgan fingerprint density at radius 1 is 1.48 bits per heavy atom. The van der Waals surface area contributed by atoms with Crippen LogP contribution in [0.25, 0.3) is 11.2 Å². The number of nitrogen functional groups attached to an aromatic ring is 1. The van der Waals surface area contributed by atoms with Crippen molar-refractivity contribution in [2.75, 3.05) is 32.0 Å². The second-order valence-corrected chi connectivity index (χ2v) is 5.39. The molecule has 1 aliphatic heterocycles. The fourth-order valence-electron chi connectivity index (χ4n) is 2.52. The number of aromatic nitrogens is 3. The first-order valence-electron chi connectivity index (χ1n) is 6.73. The maximum atomic E-state index is 12.6. The summed E-state index contributed by atoms with van der Waals surface area (Å²) >= 11 is 5.90. The first kappa shape index (κ1) is 14.1. The lowest BCUT2D eigenvalue weighted by molar-refractivity contribution is -0.138. The molecule has 21 heavy (non-hydrogen) atoms. The monoisotopic (exact) mass is 309 g/mol. The molecule has 0 radical (unpaired) electrons. The standard InChI is InChI=1S/C13H16ClN5O2/c1-8(12(20)18-2-4-21-5-3-18)19-11-10(17-13(19)15)6-9(14)7-16-11/h6-8H,2-5H2,1H3,(H2,15,17). The second-order valence-electron chi connectivity index (χ2n) is 4.95. The summed E-state index contributed by atoms with van der Waals surface area (Å²) in [6.07, 6.45) is 1.52. The largest absolute Gasteiger partial charge is 0.378 e. The van der Waals surface area contributed by atoms with Crippen molar-refractivity contribution in [1.29, 1.82) is 0 Å². The number of carbonyl (C=O) groups is 1. The minimum absolute atomic E-state index is 0.0129. The van der Waals surface area contributed by atoms with Crippen molar-refractivity contribution in [3.8, 4) is 0 Å². The van der Waals surface area contributed by atoms with E-state index in [1.807, 2.05) is 0 Å². The zero-order valence-electron chi connectivity index (χ0n) is 11.6. The van der Waals surface area contributed by atoms with Gasteiger partial charge in [0.25, 0.3) is 0 Å². The third-order valence-corrected chi connectivity index (χ3v) is 3.80. The van der Waals surface area contributed by atoms with E-state index < -0.39 is 6.04 Å². The highest BCUT2D eigenvalue weighted by Crippen LogP contribution is 2.24. The molecule has 2 N–H and O–H groups in total. The second kappa shape index (κ2) is 5.50. The number of imidazole rings is 1. The van der Waals surface area contributed by atoms with E-state index in [1.165, 1.54) is 6.20 Å². The van der Waals surface area contributed by atoms with Crippen LogP contribution in [0.15, 0.2) is 12.3 Å². The molecule has 112 valence electrons. The zero-order chi connectivity index (χ0) is 15.0. The molecule has 3 heterocycles. The summed E-state index contributed by atoms with van der Waals surface area (Å²) in [4.78, 5) is 22.8. The first-order valence-corrected chi connectivity index (χ1v) is 7.11. The van der Waals surface area contributed by atoms with Gasteiger partial charge in [0.05, 0.1) is 18.2 Å². The summed E-state index contributed by atoms with van der Waals surface area (Å²) in [5.41, 5.74) is 7.09. The predicted octanol–water partition coefficient (Wildman–Crippen LogP) is 1.09. The molecule has 1 atom stereocenters. The highest BCUT2D eigenvalue weighted by molar-refractivity contribution is 6.31. The molecule has 0 aliphatic carbocycles. The number of nitrogens with zero attached hydrogens (tertiary/aromatic N) is 4. The molecule has 2 aromatic heterocycles. The molecule has 7 nitrogen and oxygen atoms in total. The molecule has 2 aromatic rings. The van der Waals surface area contributed by atoms with Gasteiger partial charge < -0.3 is 15.4 Å². The van der Waals surface area contributed by atoms with Crippen LogP contribution in [0.2, 0.25) is 5.02 Å². The molecule has 1 fully saturated rings. The van der Waals surface area contributed by atoms with Crippen LogP contribution in [0, 0.1) is 0 Å². The molecule has 0 bridgehead atoms. The summed E-state index contributed by atoms with van der Waals surface area (Å²) in [6, 6.07) is 1.21. The summed E-state index contributed by atoms with van der Waals surface area (Å²) in [6.45, 7) is 4.11. The Morgan fingerprint density at radius 2 is 2.19 bits per heavy atom. The van der Waals surface area contributed by atoms with Crippen molar-refractivity contribution in [3.63, 3.8) is 0 Å². The van der Waals surface area contributed by atoms with Crippen LogP contribution in [0.5, 0.6) is 0 Å². The molecule has 1 aliphatic rings. The van der Waals surface area contributed by atoms with E-state index in [-0.39, 0.29) is 11.9 Å². The lowest BCUT2D eigenvalue weighted by Gasteiger charge is -2.29. The molecule has 1 unspecified atom stereocenters. The zero-order valence-corrected chi connectivity index (χ0v) is 12.4. The van der Waals surface area contributed by atoms with Gasteiger partial charge in [-0.1, -0.05) is 11.6 Å². The molecule has 0 spiro atoms. The first-order chi connectivity index (χ1) is 10.1. The molecule has 0 saturated carbocycles. The van der Waals surface area contributed by atoms with Crippen molar-refractivity contribution in [3.05, 3.63) is 17.3 Å².